The van der Waals surface area contributed by atoms with E-state index in [2.05, 4.69) is 0 Å². The van der Waals surface area contributed by atoms with Crippen LogP contribution in [0, 0.1) is 10.1 Å². The third kappa shape index (κ3) is 4.36. The molecule has 0 radical (unpaired) electrons. The van der Waals surface area contributed by atoms with Crippen LogP contribution in [0.3, 0.4) is 0 Å². The van der Waals surface area contributed by atoms with Crippen molar-refractivity contribution in [3.05, 3.63) is 38.8 Å². The number of nitro groups is 1. The molecule has 0 aliphatic rings. The summed E-state index contributed by atoms with van der Waals surface area (Å²) >= 11 is 0. The highest BCUT2D eigenvalue weighted by Gasteiger charge is 2.10. The predicted molar refractivity (Wildman–Crippen MR) is 62.9 cm³/mol. The number of aliphatic hydroxyl groups is 1. The van der Waals surface area contributed by atoms with Crippen molar-refractivity contribution in [3.63, 3.8) is 0 Å². The fourth-order valence-electron chi connectivity index (χ4n) is 1.55. The normalized spacial score (nSPS) is 10.4. The van der Waals surface area contributed by atoms with Crippen molar-refractivity contribution >= 4 is 5.69 Å². The number of unbranched alkanes of at least 4 members (excludes halogenated alkanes) is 3. The minimum atomic E-state index is -0.662. The zero-order valence-corrected chi connectivity index (χ0v) is 9.54. The molecule has 0 fully saturated rings. The highest BCUT2D eigenvalue weighted by Crippen LogP contribution is 2.05. The van der Waals surface area contributed by atoms with Gasteiger partial charge in [-0.1, -0.05) is 12.8 Å². The lowest BCUT2D eigenvalue weighted by molar-refractivity contribution is -0.386. The number of pyridine rings is 1. The third-order valence-electron chi connectivity index (χ3n) is 2.48. The summed E-state index contributed by atoms with van der Waals surface area (Å²) in [5, 5.41) is 19.1. The molecular formula is C11H16N2O4. The van der Waals surface area contributed by atoms with Crippen LogP contribution in [-0.2, 0) is 6.54 Å². The fourth-order valence-corrected chi connectivity index (χ4v) is 1.55. The molecule has 0 atom stereocenters. The fraction of sp³-hybridized carbons (Fsp3) is 0.545. The molecular weight excluding hydrogens is 224 g/mol. The van der Waals surface area contributed by atoms with Gasteiger partial charge < -0.3 is 9.67 Å². The lowest BCUT2D eigenvalue weighted by atomic mass is 10.2. The Bertz CT molecular complexity index is 428. The van der Waals surface area contributed by atoms with Crippen molar-refractivity contribution in [2.45, 2.75) is 32.2 Å². The number of aliphatic hydroxyl groups excluding tert-OH is 1. The van der Waals surface area contributed by atoms with Gasteiger partial charge in [0.1, 0.15) is 0 Å². The highest BCUT2D eigenvalue weighted by molar-refractivity contribution is 5.25. The molecule has 0 aliphatic heterocycles. The van der Waals surface area contributed by atoms with Crippen LogP contribution < -0.4 is 5.43 Å². The van der Waals surface area contributed by atoms with E-state index >= 15 is 0 Å². The standard InChI is InChI=1S/C11H16N2O4/c14-8-4-2-1-3-6-12-7-5-11(15)10(9-12)13(16)17/h5,7,9,14H,1-4,6,8H2. The molecule has 1 aromatic heterocycles. The van der Waals surface area contributed by atoms with Gasteiger partial charge >= 0.3 is 5.69 Å². The number of hydrogen-bond acceptors (Lipinski definition) is 4. The molecule has 0 saturated heterocycles. The van der Waals surface area contributed by atoms with Crippen LogP contribution in [0.15, 0.2) is 23.3 Å². The van der Waals surface area contributed by atoms with Gasteiger partial charge in [0, 0.05) is 25.4 Å². The van der Waals surface area contributed by atoms with E-state index in [4.69, 9.17) is 5.11 Å². The molecule has 1 N–H and O–H groups in total. The number of nitrogens with zero attached hydrogens (tertiary/aromatic N) is 2. The van der Waals surface area contributed by atoms with E-state index in [1.807, 2.05) is 0 Å². The lowest BCUT2D eigenvalue weighted by Gasteiger charge is -2.05. The molecule has 0 amide bonds. The van der Waals surface area contributed by atoms with Gasteiger partial charge in [-0.25, -0.2) is 0 Å². The van der Waals surface area contributed by atoms with E-state index in [0.717, 1.165) is 25.7 Å². The maximum absolute atomic E-state index is 11.1. The van der Waals surface area contributed by atoms with Gasteiger partial charge in [-0.15, -0.1) is 0 Å². The molecule has 1 aromatic rings. The van der Waals surface area contributed by atoms with Crippen LogP contribution >= 0.6 is 0 Å². The molecule has 1 heterocycles. The van der Waals surface area contributed by atoms with Crippen LogP contribution in [0.1, 0.15) is 25.7 Å². The summed E-state index contributed by atoms with van der Waals surface area (Å²) in [6, 6.07) is 1.21. The Morgan fingerprint density at radius 1 is 1.29 bits per heavy atom. The van der Waals surface area contributed by atoms with Crippen LogP contribution in [-0.4, -0.2) is 21.2 Å². The minimum Gasteiger partial charge on any atom is -0.396 e. The second-order valence-corrected chi connectivity index (χ2v) is 3.83. The van der Waals surface area contributed by atoms with Crippen molar-refractivity contribution in [1.82, 2.24) is 4.57 Å². The first-order valence-electron chi connectivity index (χ1n) is 5.60. The van der Waals surface area contributed by atoms with Crippen LogP contribution in [0.5, 0.6) is 0 Å². The topological polar surface area (TPSA) is 85.4 Å². The summed E-state index contributed by atoms with van der Waals surface area (Å²) < 4.78 is 1.65. The van der Waals surface area contributed by atoms with Crippen LogP contribution in [0.4, 0.5) is 5.69 Å². The van der Waals surface area contributed by atoms with Crippen LogP contribution in [0.2, 0.25) is 0 Å². The first kappa shape index (κ1) is 13.4. The second-order valence-electron chi connectivity index (χ2n) is 3.83. The van der Waals surface area contributed by atoms with Gasteiger partial charge in [-0.2, -0.15) is 0 Å². The molecule has 94 valence electrons. The van der Waals surface area contributed by atoms with E-state index in [1.54, 1.807) is 10.8 Å². The van der Waals surface area contributed by atoms with Gasteiger partial charge in [0.05, 0.1) is 11.1 Å². The summed E-state index contributed by atoms with van der Waals surface area (Å²) in [5.74, 6) is 0. The summed E-state index contributed by atoms with van der Waals surface area (Å²) in [6.07, 6.45) is 6.39. The zero-order valence-electron chi connectivity index (χ0n) is 9.54. The molecule has 17 heavy (non-hydrogen) atoms. The Hall–Kier alpha value is -1.69. The zero-order chi connectivity index (χ0) is 12.7. The molecule has 6 heteroatoms. The first-order valence-corrected chi connectivity index (χ1v) is 5.60. The van der Waals surface area contributed by atoms with Gasteiger partial charge in [-0.05, 0) is 12.8 Å². The Morgan fingerprint density at radius 3 is 2.65 bits per heavy atom. The van der Waals surface area contributed by atoms with E-state index < -0.39 is 10.4 Å². The largest absolute Gasteiger partial charge is 0.396 e. The Labute approximate surface area is 98.7 Å². The molecule has 0 bridgehead atoms. The lowest BCUT2D eigenvalue weighted by Crippen LogP contribution is -2.11. The summed E-state index contributed by atoms with van der Waals surface area (Å²) in [6.45, 7) is 0.843. The second kappa shape index (κ2) is 6.80. The SMILES string of the molecule is O=c1ccn(CCCCCCO)cc1[N+](=O)[O-]. The first-order chi connectivity index (χ1) is 8.15. The minimum absolute atomic E-state index is 0.198. The Balaban J connectivity index is 2.52. The summed E-state index contributed by atoms with van der Waals surface area (Å²) in [4.78, 5) is 21.0. The number of hydrogen-bond donors (Lipinski definition) is 1. The van der Waals surface area contributed by atoms with Crippen molar-refractivity contribution < 1.29 is 10.0 Å². The monoisotopic (exact) mass is 240 g/mol. The van der Waals surface area contributed by atoms with Crippen molar-refractivity contribution in [2.75, 3.05) is 6.61 Å². The van der Waals surface area contributed by atoms with Gasteiger partial charge in [0.2, 0.25) is 0 Å². The molecule has 0 saturated carbocycles. The quantitative estimate of drug-likeness (QED) is 0.442. The predicted octanol–water partition coefficient (Wildman–Crippen LogP) is 1.31. The maximum Gasteiger partial charge on any atom is 0.332 e. The maximum atomic E-state index is 11.1. The van der Waals surface area contributed by atoms with E-state index in [-0.39, 0.29) is 12.3 Å². The number of aromatic nitrogens is 1. The van der Waals surface area contributed by atoms with E-state index in [9.17, 15) is 14.9 Å². The van der Waals surface area contributed by atoms with Crippen molar-refractivity contribution in [3.8, 4) is 0 Å². The van der Waals surface area contributed by atoms with E-state index in [0.29, 0.717) is 6.54 Å². The van der Waals surface area contributed by atoms with Crippen molar-refractivity contribution in [1.29, 1.82) is 0 Å². The summed E-state index contributed by atoms with van der Waals surface area (Å²) in [5.41, 5.74) is -0.950. The Morgan fingerprint density at radius 2 is 2.00 bits per heavy atom. The molecule has 0 aromatic carbocycles. The third-order valence-corrected chi connectivity index (χ3v) is 2.48. The van der Waals surface area contributed by atoms with Gasteiger partial charge in [-0.3, -0.25) is 14.9 Å². The van der Waals surface area contributed by atoms with Crippen LogP contribution in [0.25, 0.3) is 0 Å². The Kier molecular flexibility index (Phi) is 5.35. The van der Waals surface area contributed by atoms with Crippen molar-refractivity contribution in [2.24, 2.45) is 0 Å². The molecule has 6 nitrogen and oxygen atoms in total. The summed E-state index contributed by atoms with van der Waals surface area (Å²) in [7, 11) is 0. The van der Waals surface area contributed by atoms with Gasteiger partial charge in [0.25, 0.3) is 5.43 Å². The molecule has 0 spiro atoms. The average molecular weight is 240 g/mol. The molecule has 0 unspecified atom stereocenters. The highest BCUT2D eigenvalue weighted by atomic mass is 16.6. The molecule has 0 aliphatic carbocycles. The van der Waals surface area contributed by atoms with E-state index in [1.165, 1.54) is 12.3 Å². The smallest absolute Gasteiger partial charge is 0.332 e. The number of aryl methyl sites for hydroxylation is 1. The molecule has 1 rings (SSSR count). The average Bonchev–Trinajstić information content (AvgIpc) is 2.30. The number of rotatable bonds is 7. The van der Waals surface area contributed by atoms with Gasteiger partial charge in [0.15, 0.2) is 0 Å².